The highest BCUT2D eigenvalue weighted by Crippen LogP contribution is 2.29. The average Bonchev–Trinajstić information content (AvgIpc) is 2.67. The zero-order valence-corrected chi connectivity index (χ0v) is 15.2. The summed E-state index contributed by atoms with van der Waals surface area (Å²) in [4.78, 5) is 5.26. The molecule has 1 aliphatic heterocycles. The second-order valence-corrected chi connectivity index (χ2v) is 7.27. The Morgan fingerprint density at radius 1 is 0.760 bits per heavy atom. The van der Waals surface area contributed by atoms with E-state index in [-0.39, 0.29) is 0 Å². The van der Waals surface area contributed by atoms with Crippen LogP contribution in [0.2, 0.25) is 0 Å². The van der Waals surface area contributed by atoms with E-state index in [0.29, 0.717) is 0 Å². The van der Waals surface area contributed by atoms with Gasteiger partial charge in [0.1, 0.15) is 0 Å². The van der Waals surface area contributed by atoms with Crippen LogP contribution < -0.4 is 0 Å². The molecule has 1 heterocycles. The first kappa shape index (κ1) is 16.6. The molecule has 2 heteroatoms. The Morgan fingerprint density at radius 3 is 1.92 bits per heavy atom. The third kappa shape index (κ3) is 3.56. The van der Waals surface area contributed by atoms with Crippen LogP contribution in [0.25, 0.3) is 21.5 Å². The van der Waals surface area contributed by atoms with Crippen LogP contribution in [0.15, 0.2) is 54.6 Å². The number of benzene rings is 3. The van der Waals surface area contributed by atoms with Gasteiger partial charge >= 0.3 is 0 Å². The molecular formula is C23H28N2. The molecule has 0 aliphatic carbocycles. The zero-order valence-electron chi connectivity index (χ0n) is 15.2. The Hall–Kier alpha value is -1.90. The molecule has 0 N–H and O–H groups in total. The van der Waals surface area contributed by atoms with Crippen molar-refractivity contribution >= 4 is 21.5 Å². The minimum absolute atomic E-state index is 1.06. The third-order valence-electron chi connectivity index (χ3n) is 5.56. The second-order valence-electron chi connectivity index (χ2n) is 7.27. The molecule has 130 valence electrons. The van der Waals surface area contributed by atoms with Crippen molar-refractivity contribution in [3.05, 3.63) is 60.2 Å². The number of hydrogen-bond donors (Lipinski definition) is 0. The Balaban J connectivity index is 1.60. The molecule has 0 radical (unpaired) electrons. The highest BCUT2D eigenvalue weighted by atomic mass is 15.3. The minimum atomic E-state index is 1.06. The van der Waals surface area contributed by atoms with Gasteiger partial charge in [-0.1, -0.05) is 61.9 Å². The van der Waals surface area contributed by atoms with Crippen LogP contribution in [0.4, 0.5) is 0 Å². The van der Waals surface area contributed by atoms with Gasteiger partial charge in [0.05, 0.1) is 0 Å². The van der Waals surface area contributed by atoms with Gasteiger partial charge in [0.15, 0.2) is 0 Å². The van der Waals surface area contributed by atoms with E-state index in [2.05, 4.69) is 71.3 Å². The summed E-state index contributed by atoms with van der Waals surface area (Å²) in [6, 6.07) is 20.0. The Bertz CT molecular complexity index is 793. The van der Waals surface area contributed by atoms with Gasteiger partial charge in [-0.3, -0.25) is 4.90 Å². The fourth-order valence-corrected chi connectivity index (χ4v) is 4.05. The van der Waals surface area contributed by atoms with Crippen LogP contribution >= 0.6 is 0 Å². The third-order valence-corrected chi connectivity index (χ3v) is 5.56. The number of hydrogen-bond acceptors (Lipinski definition) is 2. The molecule has 0 unspecified atom stereocenters. The maximum absolute atomic E-state index is 2.64. The van der Waals surface area contributed by atoms with Gasteiger partial charge in [0, 0.05) is 32.7 Å². The Labute approximate surface area is 151 Å². The predicted molar refractivity (Wildman–Crippen MR) is 108 cm³/mol. The van der Waals surface area contributed by atoms with E-state index < -0.39 is 0 Å². The van der Waals surface area contributed by atoms with Crippen LogP contribution in [0, 0.1) is 0 Å². The largest absolute Gasteiger partial charge is 0.301 e. The van der Waals surface area contributed by atoms with E-state index in [1.165, 1.54) is 72.7 Å². The normalized spacial score (nSPS) is 16.7. The monoisotopic (exact) mass is 332 g/mol. The summed E-state index contributed by atoms with van der Waals surface area (Å²) < 4.78 is 0. The summed E-state index contributed by atoms with van der Waals surface area (Å²) >= 11 is 0. The zero-order chi connectivity index (χ0) is 17.1. The van der Waals surface area contributed by atoms with E-state index in [9.17, 15) is 0 Å². The average molecular weight is 332 g/mol. The molecule has 0 atom stereocenters. The van der Waals surface area contributed by atoms with Crippen LogP contribution in [-0.2, 0) is 6.54 Å². The Morgan fingerprint density at radius 2 is 1.32 bits per heavy atom. The first-order valence-electron chi connectivity index (χ1n) is 9.69. The van der Waals surface area contributed by atoms with E-state index in [1.807, 2.05) is 0 Å². The molecule has 4 rings (SSSR count). The molecule has 3 aromatic rings. The SMILES string of the molecule is CCCCN1CCN(Cc2c3ccccc3cc3ccccc23)CC1. The van der Waals surface area contributed by atoms with Crippen molar-refractivity contribution in [3.63, 3.8) is 0 Å². The Kier molecular flexibility index (Phi) is 5.00. The molecule has 0 saturated carbocycles. The standard InChI is InChI=1S/C23H28N2/c1-2-3-12-24-13-15-25(16-14-24)18-23-21-10-6-4-8-19(21)17-20-9-5-7-11-22(20)23/h4-11,17H,2-3,12-16,18H2,1H3. The maximum atomic E-state index is 2.64. The summed E-state index contributed by atoms with van der Waals surface area (Å²) in [6.07, 6.45) is 2.62. The van der Waals surface area contributed by atoms with Crippen molar-refractivity contribution in [3.8, 4) is 0 Å². The highest BCUT2D eigenvalue weighted by molar-refractivity contribution is 6.02. The lowest BCUT2D eigenvalue weighted by atomic mass is 9.96. The van der Waals surface area contributed by atoms with Gasteiger partial charge in [-0.15, -0.1) is 0 Å². The van der Waals surface area contributed by atoms with E-state index in [4.69, 9.17) is 0 Å². The molecule has 0 spiro atoms. The fraction of sp³-hybridized carbons (Fsp3) is 0.391. The maximum Gasteiger partial charge on any atom is 0.0247 e. The van der Waals surface area contributed by atoms with Crippen molar-refractivity contribution in [1.82, 2.24) is 9.80 Å². The lowest BCUT2D eigenvalue weighted by Gasteiger charge is -2.35. The van der Waals surface area contributed by atoms with Crippen molar-refractivity contribution < 1.29 is 0 Å². The summed E-state index contributed by atoms with van der Waals surface area (Å²) in [6.45, 7) is 9.39. The minimum Gasteiger partial charge on any atom is -0.301 e. The number of piperazine rings is 1. The molecule has 1 saturated heterocycles. The van der Waals surface area contributed by atoms with E-state index in [0.717, 1.165) is 6.54 Å². The lowest BCUT2D eigenvalue weighted by molar-refractivity contribution is 0.126. The predicted octanol–water partition coefficient (Wildman–Crippen LogP) is 4.91. The van der Waals surface area contributed by atoms with Crippen molar-refractivity contribution in [1.29, 1.82) is 0 Å². The molecule has 0 amide bonds. The summed E-state index contributed by atoms with van der Waals surface area (Å²) in [5, 5.41) is 5.54. The number of rotatable bonds is 5. The summed E-state index contributed by atoms with van der Waals surface area (Å²) in [5.41, 5.74) is 1.50. The lowest BCUT2D eigenvalue weighted by Crippen LogP contribution is -2.46. The van der Waals surface area contributed by atoms with Gasteiger partial charge in [-0.25, -0.2) is 0 Å². The van der Waals surface area contributed by atoms with Gasteiger partial charge in [0.25, 0.3) is 0 Å². The van der Waals surface area contributed by atoms with Crippen molar-refractivity contribution in [2.75, 3.05) is 32.7 Å². The van der Waals surface area contributed by atoms with Gasteiger partial charge < -0.3 is 4.90 Å². The van der Waals surface area contributed by atoms with Gasteiger partial charge in [-0.2, -0.15) is 0 Å². The molecule has 2 nitrogen and oxygen atoms in total. The first-order valence-corrected chi connectivity index (χ1v) is 9.69. The van der Waals surface area contributed by atoms with E-state index >= 15 is 0 Å². The highest BCUT2D eigenvalue weighted by Gasteiger charge is 2.18. The molecule has 0 bridgehead atoms. The number of fused-ring (bicyclic) bond motifs is 2. The van der Waals surface area contributed by atoms with Crippen LogP contribution in [0.3, 0.4) is 0 Å². The van der Waals surface area contributed by atoms with Crippen molar-refractivity contribution in [2.24, 2.45) is 0 Å². The molecule has 25 heavy (non-hydrogen) atoms. The topological polar surface area (TPSA) is 6.48 Å². The molecule has 1 fully saturated rings. The smallest absolute Gasteiger partial charge is 0.0247 e. The molecule has 3 aromatic carbocycles. The quantitative estimate of drug-likeness (QED) is 0.613. The van der Waals surface area contributed by atoms with Gasteiger partial charge in [0.2, 0.25) is 0 Å². The van der Waals surface area contributed by atoms with E-state index in [1.54, 1.807) is 0 Å². The van der Waals surface area contributed by atoms with Crippen molar-refractivity contribution in [2.45, 2.75) is 26.3 Å². The fourth-order valence-electron chi connectivity index (χ4n) is 4.05. The summed E-state index contributed by atoms with van der Waals surface area (Å²) in [7, 11) is 0. The number of unbranched alkanes of at least 4 members (excludes halogenated alkanes) is 1. The van der Waals surface area contributed by atoms with Crippen LogP contribution in [-0.4, -0.2) is 42.5 Å². The second kappa shape index (κ2) is 7.55. The van der Waals surface area contributed by atoms with Crippen LogP contribution in [0.1, 0.15) is 25.3 Å². The first-order chi connectivity index (χ1) is 12.3. The number of nitrogens with zero attached hydrogens (tertiary/aromatic N) is 2. The summed E-state index contributed by atoms with van der Waals surface area (Å²) in [5.74, 6) is 0. The van der Waals surface area contributed by atoms with Gasteiger partial charge in [-0.05, 0) is 46.1 Å². The molecule has 0 aromatic heterocycles. The molecule has 1 aliphatic rings. The van der Waals surface area contributed by atoms with Crippen LogP contribution in [0.5, 0.6) is 0 Å². The molecular weight excluding hydrogens is 304 g/mol.